The smallest absolute Gasteiger partial charge is 0.242 e. The van der Waals surface area contributed by atoms with Crippen LogP contribution in [0.25, 0.3) is 11.0 Å². The lowest BCUT2D eigenvalue weighted by Gasteiger charge is -2.16. The topological polar surface area (TPSA) is 84.3 Å². The van der Waals surface area contributed by atoms with E-state index in [-0.39, 0.29) is 23.1 Å². The molecule has 0 saturated carbocycles. The molecule has 2 aromatic carbocycles. The molecule has 1 unspecified atom stereocenters. The van der Waals surface area contributed by atoms with E-state index in [4.69, 9.17) is 23.2 Å². The number of imidazole rings is 1. The Morgan fingerprint density at radius 2 is 1.84 bits per heavy atom. The minimum Gasteiger partial charge on any atom is -0.355 e. The van der Waals surface area contributed by atoms with Crippen LogP contribution in [0, 0.1) is 0 Å². The van der Waals surface area contributed by atoms with Crippen LogP contribution >= 0.6 is 23.2 Å². The van der Waals surface area contributed by atoms with Crippen LogP contribution in [0.1, 0.15) is 30.7 Å². The number of sulfonamides is 1. The largest absolute Gasteiger partial charge is 0.355 e. The minimum atomic E-state index is -3.54. The number of rotatable bonds is 8. The van der Waals surface area contributed by atoms with Crippen LogP contribution < -0.4 is 5.32 Å². The molecule has 0 spiro atoms. The number of hydrogen-bond donors (Lipinski definition) is 1. The number of hydrogen-bond acceptors (Lipinski definition) is 4. The number of aromatic nitrogens is 2. The van der Waals surface area contributed by atoms with Gasteiger partial charge in [-0.25, -0.2) is 17.7 Å². The Hall–Kier alpha value is -2.13. The van der Waals surface area contributed by atoms with Gasteiger partial charge in [0, 0.05) is 56.5 Å². The summed E-state index contributed by atoms with van der Waals surface area (Å²) in [6, 6.07) is 10.2. The standard InChI is InChI=1S/C22H26Cl2N4O3S/c1-14(22-16(23)6-5-7-17(22)24)13-25-21(29)11-10-20-26-18-12-15(32(30,31)27(2)3)8-9-19(18)28(20)4/h5-9,12,14H,10-11,13H2,1-4H3,(H,25,29). The first-order chi connectivity index (χ1) is 15.0. The molecule has 1 amide bonds. The van der Waals surface area contributed by atoms with E-state index in [1.807, 2.05) is 18.5 Å². The predicted octanol–water partition coefficient (Wildman–Crippen LogP) is 3.98. The molecule has 0 aliphatic rings. The lowest BCUT2D eigenvalue weighted by Crippen LogP contribution is -2.28. The first-order valence-corrected chi connectivity index (χ1v) is 12.3. The lowest BCUT2D eigenvalue weighted by atomic mass is 10.0. The second kappa shape index (κ2) is 9.79. The molecular weight excluding hydrogens is 471 g/mol. The quantitative estimate of drug-likeness (QED) is 0.510. The highest BCUT2D eigenvalue weighted by Gasteiger charge is 2.19. The Morgan fingerprint density at radius 3 is 2.47 bits per heavy atom. The number of aryl methyl sites for hydroxylation is 2. The van der Waals surface area contributed by atoms with Crippen LogP contribution in [0.4, 0.5) is 0 Å². The molecule has 3 aromatic rings. The summed E-state index contributed by atoms with van der Waals surface area (Å²) >= 11 is 12.5. The fraction of sp³-hybridized carbons (Fsp3) is 0.364. The molecule has 0 saturated heterocycles. The van der Waals surface area contributed by atoms with E-state index in [0.29, 0.717) is 34.4 Å². The third-order valence-corrected chi connectivity index (χ3v) is 7.87. The Morgan fingerprint density at radius 1 is 1.19 bits per heavy atom. The predicted molar refractivity (Wildman–Crippen MR) is 128 cm³/mol. The Labute approximate surface area is 198 Å². The minimum absolute atomic E-state index is 0.0343. The Balaban J connectivity index is 1.65. The highest BCUT2D eigenvalue weighted by Crippen LogP contribution is 2.31. The van der Waals surface area contributed by atoms with Crippen LogP contribution in [-0.2, 0) is 28.3 Å². The summed E-state index contributed by atoms with van der Waals surface area (Å²) < 4.78 is 27.8. The molecule has 0 radical (unpaired) electrons. The monoisotopic (exact) mass is 496 g/mol. The number of nitrogens with zero attached hydrogens (tertiary/aromatic N) is 3. The van der Waals surface area contributed by atoms with Crippen molar-refractivity contribution in [3.8, 4) is 0 Å². The van der Waals surface area contributed by atoms with Gasteiger partial charge in [-0.3, -0.25) is 4.79 Å². The third kappa shape index (κ3) is 5.09. The SMILES string of the molecule is CC(CNC(=O)CCc1nc2cc(S(=O)(=O)N(C)C)ccc2n1C)c1c(Cl)cccc1Cl. The van der Waals surface area contributed by atoms with E-state index in [9.17, 15) is 13.2 Å². The van der Waals surface area contributed by atoms with Gasteiger partial charge in [0.15, 0.2) is 0 Å². The van der Waals surface area contributed by atoms with Crippen LogP contribution in [0.15, 0.2) is 41.3 Å². The van der Waals surface area contributed by atoms with Gasteiger partial charge in [-0.2, -0.15) is 0 Å². The maximum Gasteiger partial charge on any atom is 0.242 e. The highest BCUT2D eigenvalue weighted by molar-refractivity contribution is 7.89. The van der Waals surface area contributed by atoms with Crippen molar-refractivity contribution in [1.29, 1.82) is 0 Å². The molecule has 172 valence electrons. The molecular formula is C22H26Cl2N4O3S. The summed E-state index contributed by atoms with van der Waals surface area (Å²) in [6.45, 7) is 2.37. The zero-order chi connectivity index (χ0) is 23.6. The van der Waals surface area contributed by atoms with Gasteiger partial charge < -0.3 is 9.88 Å². The number of amides is 1. The number of benzene rings is 2. The zero-order valence-electron chi connectivity index (χ0n) is 18.4. The molecule has 3 rings (SSSR count). The van der Waals surface area contributed by atoms with Crippen LogP contribution in [0.5, 0.6) is 0 Å². The first kappa shape index (κ1) is 24.5. The van der Waals surface area contributed by atoms with Gasteiger partial charge in [0.2, 0.25) is 15.9 Å². The number of halogens is 2. The van der Waals surface area contributed by atoms with Gasteiger partial charge in [-0.1, -0.05) is 36.2 Å². The summed E-state index contributed by atoms with van der Waals surface area (Å²) in [6.07, 6.45) is 0.678. The van der Waals surface area contributed by atoms with Gasteiger partial charge in [-0.15, -0.1) is 0 Å². The number of fused-ring (bicyclic) bond motifs is 1. The van der Waals surface area contributed by atoms with Crippen molar-refractivity contribution in [3.63, 3.8) is 0 Å². The zero-order valence-corrected chi connectivity index (χ0v) is 20.7. The molecule has 0 aliphatic carbocycles. The molecule has 1 aromatic heterocycles. The van der Waals surface area contributed by atoms with Gasteiger partial charge in [0.1, 0.15) is 5.82 Å². The molecule has 0 fully saturated rings. The van der Waals surface area contributed by atoms with E-state index in [0.717, 1.165) is 11.1 Å². The average Bonchev–Trinajstić information content (AvgIpc) is 3.05. The summed E-state index contributed by atoms with van der Waals surface area (Å²) in [7, 11) is 1.29. The molecule has 10 heteroatoms. The van der Waals surface area contributed by atoms with E-state index in [1.165, 1.54) is 18.4 Å². The van der Waals surface area contributed by atoms with Crippen molar-refractivity contribution in [2.24, 2.45) is 7.05 Å². The van der Waals surface area contributed by atoms with Gasteiger partial charge >= 0.3 is 0 Å². The van der Waals surface area contributed by atoms with Crippen molar-refractivity contribution in [1.82, 2.24) is 19.2 Å². The van der Waals surface area contributed by atoms with Crippen LogP contribution in [0.3, 0.4) is 0 Å². The van der Waals surface area contributed by atoms with Crippen molar-refractivity contribution in [2.45, 2.75) is 30.6 Å². The van der Waals surface area contributed by atoms with E-state index < -0.39 is 10.0 Å². The third-order valence-electron chi connectivity index (χ3n) is 5.40. The summed E-state index contributed by atoms with van der Waals surface area (Å²) in [4.78, 5) is 17.1. The number of carbonyl (C=O) groups excluding carboxylic acids is 1. The number of nitrogens with one attached hydrogen (secondary N) is 1. The molecule has 0 bridgehead atoms. The molecule has 1 atom stereocenters. The van der Waals surface area contributed by atoms with Crippen molar-refractivity contribution in [2.75, 3.05) is 20.6 Å². The van der Waals surface area contributed by atoms with Crippen molar-refractivity contribution < 1.29 is 13.2 Å². The summed E-state index contributed by atoms with van der Waals surface area (Å²) in [5.41, 5.74) is 2.20. The van der Waals surface area contributed by atoms with E-state index in [2.05, 4.69) is 10.3 Å². The van der Waals surface area contributed by atoms with Crippen molar-refractivity contribution >= 4 is 50.2 Å². The highest BCUT2D eigenvalue weighted by atomic mass is 35.5. The average molecular weight is 497 g/mol. The maximum absolute atomic E-state index is 12.4. The molecule has 0 aliphatic heterocycles. The molecule has 32 heavy (non-hydrogen) atoms. The second-order valence-electron chi connectivity index (χ2n) is 7.87. The summed E-state index contributed by atoms with van der Waals surface area (Å²) in [5, 5.41) is 4.08. The molecule has 1 N–H and O–H groups in total. The van der Waals surface area contributed by atoms with Gasteiger partial charge in [0.25, 0.3) is 0 Å². The number of carbonyl (C=O) groups is 1. The normalized spacial score (nSPS) is 13.0. The van der Waals surface area contributed by atoms with Crippen LogP contribution in [0.2, 0.25) is 10.0 Å². The van der Waals surface area contributed by atoms with E-state index >= 15 is 0 Å². The lowest BCUT2D eigenvalue weighted by molar-refractivity contribution is -0.121. The fourth-order valence-electron chi connectivity index (χ4n) is 3.49. The van der Waals surface area contributed by atoms with Gasteiger partial charge in [0.05, 0.1) is 15.9 Å². The Bertz CT molecular complexity index is 1240. The van der Waals surface area contributed by atoms with E-state index in [1.54, 1.807) is 36.4 Å². The summed E-state index contributed by atoms with van der Waals surface area (Å²) in [5.74, 6) is 0.563. The Kier molecular flexibility index (Phi) is 7.50. The maximum atomic E-state index is 12.4. The van der Waals surface area contributed by atoms with Crippen LogP contribution in [-0.4, -0.2) is 48.8 Å². The van der Waals surface area contributed by atoms with Crippen molar-refractivity contribution in [3.05, 3.63) is 57.8 Å². The van der Waals surface area contributed by atoms with Gasteiger partial charge in [-0.05, 0) is 35.9 Å². The fourth-order valence-corrected chi connectivity index (χ4v) is 5.18. The molecule has 7 nitrogen and oxygen atoms in total. The molecule has 1 heterocycles. The second-order valence-corrected chi connectivity index (χ2v) is 10.8. The first-order valence-electron chi connectivity index (χ1n) is 10.1.